The van der Waals surface area contributed by atoms with E-state index in [4.69, 9.17) is 0 Å². The Labute approximate surface area is 410 Å². The SMILES string of the molecule is Bc1c(B)c(B)c2c(c1B)c1c(B)c(-c3ccc4c(c3)c3cccc(-c5ccccc5)c3n4-c3cccc(-c4ccccc4)c3)c(B)c(B)c1n2-c1ccc(-c2cccc(-c3ccccc3)c2)cc1. The quantitative estimate of drug-likeness (QED) is 0.215. The Morgan fingerprint density at radius 2 is 0.754 bits per heavy atom. The summed E-state index contributed by atoms with van der Waals surface area (Å²) in [6, 6.07) is 73.4. The standard InChI is InChI=1S/C60H47B7N2/c61-51-48(41-27-30-47-46(33-41)45-24-12-23-44(37-17-8-3-9-18-37)58(45)68(47)43-22-11-21-40(32-43)35-15-6-2-7-16-35)52(62)56(66)59-49(51)50-53(63)54(64)55(65)57(67)60(50)69(59)42-28-25-36(26-29-42)39-20-10-19-38(31-39)34-13-4-1-5-14-34/h1-33H,61-67H2. The Balaban J connectivity index is 1.07. The number of nitrogens with zero attached hydrogens (tertiary/aromatic N) is 2. The molecule has 0 saturated heterocycles. The Hall–Kier alpha value is -7.75. The number of rotatable bonds is 7. The zero-order chi connectivity index (χ0) is 47.1. The molecule has 0 radical (unpaired) electrons. The second-order valence-electron chi connectivity index (χ2n) is 19.1. The lowest BCUT2D eigenvalue weighted by Crippen LogP contribution is -2.48. The Morgan fingerprint density at radius 1 is 0.261 bits per heavy atom. The lowest BCUT2D eigenvalue weighted by Gasteiger charge is -2.19. The van der Waals surface area contributed by atoms with E-state index in [2.05, 4.69) is 264 Å². The molecule has 2 nitrogen and oxygen atoms in total. The summed E-state index contributed by atoms with van der Waals surface area (Å²) in [5.74, 6) is 0. The van der Waals surface area contributed by atoms with Crippen molar-refractivity contribution >= 4 is 137 Å². The zero-order valence-corrected chi connectivity index (χ0v) is 40.4. The molecule has 0 N–H and O–H groups in total. The molecule has 2 aromatic heterocycles. The highest BCUT2D eigenvalue weighted by atomic mass is 15.0. The summed E-state index contributed by atoms with van der Waals surface area (Å²) in [6.07, 6.45) is 0. The van der Waals surface area contributed by atoms with Crippen LogP contribution >= 0.6 is 0 Å². The van der Waals surface area contributed by atoms with E-state index in [0.29, 0.717) is 0 Å². The highest BCUT2D eigenvalue weighted by molar-refractivity contribution is 6.69. The molecule has 0 bridgehead atoms. The maximum absolute atomic E-state index is 2.58. The molecule has 0 fully saturated rings. The molecule has 0 atom stereocenters. The molecule has 12 aromatic rings. The first-order chi connectivity index (χ1) is 33.7. The van der Waals surface area contributed by atoms with Crippen LogP contribution in [0.25, 0.3) is 111 Å². The predicted octanol–water partition coefficient (Wildman–Crippen LogP) is 4.02. The van der Waals surface area contributed by atoms with Crippen molar-refractivity contribution in [3.63, 3.8) is 0 Å². The van der Waals surface area contributed by atoms with Crippen molar-refractivity contribution in [2.45, 2.75) is 0 Å². The van der Waals surface area contributed by atoms with Gasteiger partial charge in [0.05, 0.1) is 11.0 Å². The van der Waals surface area contributed by atoms with Gasteiger partial charge in [-0.15, -0.1) is 5.46 Å². The summed E-state index contributed by atoms with van der Waals surface area (Å²) in [6.45, 7) is 0. The van der Waals surface area contributed by atoms with Crippen molar-refractivity contribution in [3.05, 3.63) is 200 Å². The van der Waals surface area contributed by atoms with Gasteiger partial charge in [0.15, 0.2) is 0 Å². The summed E-state index contributed by atoms with van der Waals surface area (Å²) in [5, 5.41) is 5.20. The van der Waals surface area contributed by atoms with Crippen molar-refractivity contribution in [1.29, 1.82) is 0 Å². The van der Waals surface area contributed by atoms with E-state index in [0.717, 1.165) is 5.69 Å². The van der Waals surface area contributed by atoms with Gasteiger partial charge in [0.25, 0.3) is 0 Å². The van der Waals surface area contributed by atoms with Crippen LogP contribution in [0.1, 0.15) is 0 Å². The second kappa shape index (κ2) is 16.8. The smallest absolute Gasteiger partial charge is 0.141 e. The number of benzene rings is 10. The third-order valence-electron chi connectivity index (χ3n) is 15.4. The highest BCUT2D eigenvalue weighted by Crippen LogP contribution is 2.41. The Kier molecular flexibility index (Phi) is 10.4. The van der Waals surface area contributed by atoms with Gasteiger partial charge in [0.1, 0.15) is 54.9 Å². The molecule has 0 amide bonds. The number of para-hydroxylation sites is 1. The molecular weight excluding hydrogens is 824 g/mol. The van der Waals surface area contributed by atoms with Crippen LogP contribution in [0.5, 0.6) is 0 Å². The van der Waals surface area contributed by atoms with Crippen LogP contribution in [-0.2, 0) is 0 Å². The topological polar surface area (TPSA) is 9.86 Å². The molecular formula is C60H47B7N2. The third kappa shape index (κ3) is 6.81. The van der Waals surface area contributed by atoms with Crippen LogP contribution < -0.4 is 38.2 Å². The first-order valence-electron chi connectivity index (χ1n) is 24.3. The third-order valence-corrected chi connectivity index (χ3v) is 15.4. The van der Waals surface area contributed by atoms with Crippen molar-refractivity contribution < 1.29 is 0 Å². The van der Waals surface area contributed by atoms with Crippen molar-refractivity contribution in [2.24, 2.45) is 0 Å². The molecule has 12 rings (SSSR count). The van der Waals surface area contributed by atoms with Gasteiger partial charge in [-0.05, 0) is 97.9 Å². The van der Waals surface area contributed by atoms with Crippen LogP contribution in [0.15, 0.2) is 200 Å². The maximum atomic E-state index is 2.58. The normalized spacial score (nSPS) is 11.6. The van der Waals surface area contributed by atoms with Gasteiger partial charge in [0.2, 0.25) is 0 Å². The average Bonchev–Trinajstić information content (AvgIpc) is 3.94. The van der Waals surface area contributed by atoms with E-state index >= 15 is 0 Å². The minimum absolute atomic E-state index is 1.15. The fourth-order valence-electron chi connectivity index (χ4n) is 11.5. The summed E-state index contributed by atoms with van der Waals surface area (Å²) in [5.41, 5.74) is 29.0. The first-order valence-corrected chi connectivity index (χ1v) is 24.3. The fourth-order valence-corrected chi connectivity index (χ4v) is 11.5. The van der Waals surface area contributed by atoms with Gasteiger partial charge >= 0.3 is 0 Å². The molecule has 69 heavy (non-hydrogen) atoms. The van der Waals surface area contributed by atoms with Crippen LogP contribution in [0, 0.1) is 0 Å². The lowest BCUT2D eigenvalue weighted by molar-refractivity contribution is 1.18. The molecule has 0 aliphatic carbocycles. The molecule has 10 aromatic carbocycles. The Morgan fingerprint density at radius 3 is 1.39 bits per heavy atom. The number of fused-ring (bicyclic) bond motifs is 6. The van der Waals surface area contributed by atoms with Crippen molar-refractivity contribution in [1.82, 2.24) is 9.13 Å². The van der Waals surface area contributed by atoms with Crippen LogP contribution in [-0.4, -0.2) is 64.1 Å². The van der Waals surface area contributed by atoms with Crippen LogP contribution in [0.4, 0.5) is 0 Å². The number of hydrogen-bond acceptors (Lipinski definition) is 0. The summed E-state index contributed by atoms with van der Waals surface area (Å²) >= 11 is 0. The van der Waals surface area contributed by atoms with Crippen molar-refractivity contribution in [3.8, 4) is 67.0 Å². The van der Waals surface area contributed by atoms with Gasteiger partial charge in [-0.1, -0.05) is 191 Å². The molecule has 0 saturated carbocycles. The first kappa shape index (κ1) is 42.6. The minimum atomic E-state index is 1.15. The average molecular weight is 872 g/mol. The van der Waals surface area contributed by atoms with Gasteiger partial charge in [-0.2, -0.15) is 0 Å². The number of aromatic nitrogens is 2. The molecule has 2 heterocycles. The van der Waals surface area contributed by atoms with Crippen molar-refractivity contribution in [2.75, 3.05) is 0 Å². The van der Waals surface area contributed by atoms with E-state index in [-0.39, 0.29) is 0 Å². The van der Waals surface area contributed by atoms with E-state index in [1.807, 2.05) is 0 Å². The molecule has 0 aliphatic heterocycles. The molecule has 0 aliphatic rings. The fraction of sp³-hybridized carbons (Fsp3) is 0. The van der Waals surface area contributed by atoms with E-state index < -0.39 is 0 Å². The summed E-state index contributed by atoms with van der Waals surface area (Å²) in [7, 11) is 16.3. The van der Waals surface area contributed by atoms with Gasteiger partial charge < -0.3 is 9.13 Å². The largest absolute Gasteiger partial charge is 0.310 e. The van der Waals surface area contributed by atoms with E-state index in [1.165, 1.54) is 143 Å². The highest BCUT2D eigenvalue weighted by Gasteiger charge is 2.26. The summed E-state index contributed by atoms with van der Waals surface area (Å²) < 4.78 is 5.07. The molecule has 0 unspecified atom stereocenters. The lowest BCUT2D eigenvalue weighted by atomic mass is 9.64. The van der Waals surface area contributed by atoms with Gasteiger partial charge in [0, 0.05) is 44.1 Å². The molecule has 318 valence electrons. The number of hydrogen-bond donors (Lipinski definition) is 0. The second-order valence-corrected chi connectivity index (χ2v) is 19.1. The minimum Gasteiger partial charge on any atom is -0.310 e. The maximum Gasteiger partial charge on any atom is 0.141 e. The van der Waals surface area contributed by atoms with Crippen LogP contribution in [0.3, 0.4) is 0 Å². The zero-order valence-electron chi connectivity index (χ0n) is 40.4. The van der Waals surface area contributed by atoms with E-state index in [1.54, 1.807) is 0 Å². The van der Waals surface area contributed by atoms with Gasteiger partial charge in [-0.25, -0.2) is 0 Å². The molecule has 9 heteroatoms. The van der Waals surface area contributed by atoms with E-state index in [9.17, 15) is 0 Å². The monoisotopic (exact) mass is 872 g/mol. The molecule has 0 spiro atoms. The van der Waals surface area contributed by atoms with Gasteiger partial charge in [-0.3, -0.25) is 0 Å². The van der Waals surface area contributed by atoms with Crippen LogP contribution in [0.2, 0.25) is 0 Å². The predicted molar refractivity (Wildman–Crippen MR) is 320 cm³/mol. The Bertz CT molecular complexity index is 4010. The summed E-state index contributed by atoms with van der Waals surface area (Å²) in [4.78, 5) is 0.